The van der Waals surface area contributed by atoms with Gasteiger partial charge in [0.2, 0.25) is 5.66 Å². The molecule has 0 aliphatic carbocycles. The van der Waals surface area contributed by atoms with Crippen LogP contribution >= 0.6 is 47.0 Å². The fraction of sp³-hybridized carbons (Fsp3) is 0.400. The predicted octanol–water partition coefficient (Wildman–Crippen LogP) is 0.512. The summed E-state index contributed by atoms with van der Waals surface area (Å²) in [7, 11) is 0. The first-order chi connectivity index (χ1) is 21.7. The number of β-lactam (4-membered cyclic amide) rings is 1. The number of amides is 6. The van der Waals surface area contributed by atoms with Crippen molar-refractivity contribution in [2.24, 2.45) is 0 Å². The molecule has 6 heterocycles. The molecule has 45 heavy (non-hydrogen) atoms. The van der Waals surface area contributed by atoms with Gasteiger partial charge in [-0.3, -0.25) is 19.6 Å². The Morgan fingerprint density at radius 2 is 1.98 bits per heavy atom. The van der Waals surface area contributed by atoms with E-state index in [-0.39, 0.29) is 30.3 Å². The summed E-state index contributed by atoms with van der Waals surface area (Å²) in [6.07, 6.45) is 1.51. The number of imide groups is 1. The molecule has 20 heteroatoms. The number of carbonyl (C=O) groups excluding carboxylic acids is 4. The average molecular weight is 692 g/mol. The molecule has 6 amide bonds. The average Bonchev–Trinajstić information content (AvgIpc) is 3.84. The highest BCUT2D eigenvalue weighted by atomic mass is 32.2. The summed E-state index contributed by atoms with van der Waals surface area (Å²) in [6, 6.07) is 2.03. The number of aliphatic carboxylic acids is 1. The summed E-state index contributed by atoms with van der Waals surface area (Å²) in [5.74, 6) is -0.595. The number of carboxylic acid groups (broad SMARTS) is 1. The quantitative estimate of drug-likeness (QED) is 0.165. The number of aromatic hydroxyl groups is 1. The molecule has 5 aliphatic rings. The summed E-state index contributed by atoms with van der Waals surface area (Å²) < 4.78 is -0.390. The third-order valence-electron chi connectivity index (χ3n) is 7.88. The third-order valence-corrected chi connectivity index (χ3v) is 13.2. The predicted molar refractivity (Wildman–Crippen MR) is 166 cm³/mol. The lowest BCUT2D eigenvalue weighted by molar-refractivity contribution is -0.151. The Hall–Kier alpha value is -3.75. The van der Waals surface area contributed by atoms with Gasteiger partial charge in [0, 0.05) is 41.7 Å². The molecule has 3 fully saturated rings. The number of carbonyl (C=O) groups is 5. The second-order valence-electron chi connectivity index (χ2n) is 10.4. The molecule has 7 rings (SSSR count). The lowest BCUT2D eigenvalue weighted by atomic mass is 9.98. The van der Waals surface area contributed by atoms with E-state index in [1.165, 1.54) is 70.3 Å². The fourth-order valence-corrected chi connectivity index (χ4v) is 11.1. The molecule has 0 saturated carbocycles. The van der Waals surface area contributed by atoms with Crippen molar-refractivity contribution in [3.63, 3.8) is 0 Å². The van der Waals surface area contributed by atoms with Gasteiger partial charge in [-0.25, -0.2) is 19.3 Å². The highest BCUT2D eigenvalue weighted by Crippen LogP contribution is 2.52. The highest BCUT2D eigenvalue weighted by Gasteiger charge is 2.60. The molecule has 3 atom stereocenters. The van der Waals surface area contributed by atoms with E-state index in [1.807, 2.05) is 0 Å². The number of phenolic OH excluding ortho intramolecular Hbond substituents is 1. The molecule has 3 saturated heterocycles. The number of carboxylic acids is 1. The van der Waals surface area contributed by atoms with Crippen molar-refractivity contribution in [3.05, 3.63) is 41.2 Å². The van der Waals surface area contributed by atoms with E-state index in [9.17, 15) is 34.2 Å². The largest absolute Gasteiger partial charge is 0.506 e. The van der Waals surface area contributed by atoms with Crippen LogP contribution in [0.25, 0.3) is 0 Å². The van der Waals surface area contributed by atoms with Crippen LogP contribution in [0.2, 0.25) is 0 Å². The minimum atomic E-state index is -1.92. The topological polar surface area (TPSA) is 213 Å². The lowest BCUT2D eigenvalue weighted by Gasteiger charge is -2.51. The summed E-state index contributed by atoms with van der Waals surface area (Å²) in [6.45, 7) is 0.344. The van der Waals surface area contributed by atoms with Crippen molar-refractivity contribution in [2.75, 3.05) is 41.0 Å². The van der Waals surface area contributed by atoms with E-state index in [0.717, 1.165) is 16.4 Å². The number of phenols is 1. The smallest absolute Gasteiger partial charge is 0.352 e. The van der Waals surface area contributed by atoms with Crippen LogP contribution in [0, 0.1) is 0 Å². The van der Waals surface area contributed by atoms with Gasteiger partial charge in [0.1, 0.15) is 32.6 Å². The zero-order valence-corrected chi connectivity index (χ0v) is 26.4. The third kappa shape index (κ3) is 4.84. The van der Waals surface area contributed by atoms with E-state index in [1.54, 1.807) is 11.0 Å². The van der Waals surface area contributed by atoms with Crippen molar-refractivity contribution in [2.45, 2.75) is 26.8 Å². The number of H-pyrrole nitrogens is 1. The number of aromatic nitrogens is 3. The number of nitrogens with one attached hydrogen (secondary N) is 4. The molecule has 6 N–H and O–H groups in total. The van der Waals surface area contributed by atoms with Crippen molar-refractivity contribution in [3.8, 4) is 5.75 Å². The monoisotopic (exact) mass is 691 g/mol. The molecule has 2 unspecified atom stereocenters. The van der Waals surface area contributed by atoms with Gasteiger partial charge in [0.15, 0.2) is 0 Å². The van der Waals surface area contributed by atoms with Gasteiger partial charge in [0.25, 0.3) is 11.8 Å². The maximum absolute atomic E-state index is 14.5. The molecule has 0 radical (unpaired) electrons. The molecule has 1 aromatic carbocycles. The molecule has 2 aromatic rings. The van der Waals surface area contributed by atoms with Crippen LogP contribution in [0.4, 0.5) is 15.3 Å². The van der Waals surface area contributed by atoms with Crippen molar-refractivity contribution < 1.29 is 34.2 Å². The van der Waals surface area contributed by atoms with Crippen LogP contribution in [0.3, 0.4) is 0 Å². The Kier molecular flexibility index (Phi) is 7.69. The summed E-state index contributed by atoms with van der Waals surface area (Å²) in [5.41, 5.74) is -0.850. The Morgan fingerprint density at radius 3 is 2.67 bits per heavy atom. The standard InChI is InChI=1S/C25H25N9O7S4/c35-14-2-1-12-7-13(14)34(24-42-5-6-43-24)25(12,29-23(41)32-4-3-26-22(32)40)21(39)28-16-18(36)33-17(20(37)38)11(10-45-19(16)33)9-44-15-8-27-31-30-15/h1-2,7-8,16,19,24,35H,3-6,9-10H2,(H,26,40)(H,28,39)(H,29,41)(H,37,38)(H,27,30,31)/t16?,19-,25?/m0/s1. The Balaban J connectivity index is 1.19. The number of aromatic amines is 1. The highest BCUT2D eigenvalue weighted by molar-refractivity contribution is 8.20. The van der Waals surface area contributed by atoms with Crippen molar-refractivity contribution in [1.82, 2.24) is 41.2 Å². The molecule has 1 aromatic heterocycles. The maximum Gasteiger partial charge on any atom is 0.352 e. The first-order valence-electron chi connectivity index (χ1n) is 13.6. The van der Waals surface area contributed by atoms with Crippen LogP contribution in [0.15, 0.2) is 40.7 Å². The summed E-state index contributed by atoms with van der Waals surface area (Å²) in [5, 5.41) is 39.0. The molecular weight excluding hydrogens is 667 g/mol. The normalized spacial score (nSPS) is 25.7. The van der Waals surface area contributed by atoms with Crippen LogP contribution in [-0.2, 0) is 20.0 Å². The second kappa shape index (κ2) is 11.6. The van der Waals surface area contributed by atoms with Gasteiger partial charge in [-0.05, 0) is 17.7 Å². The number of rotatable bonds is 8. The van der Waals surface area contributed by atoms with E-state index in [2.05, 4.69) is 31.4 Å². The SMILES string of the molecule is O=C(O)C1=C(CSc2cnn[nH]2)CS[C@H]2C(NC(=O)C3(NC(=O)N4CCNC4=O)c4ccc(O)c(c4)N3C3SCCS3)C(=O)N12. The van der Waals surface area contributed by atoms with E-state index >= 15 is 0 Å². The van der Waals surface area contributed by atoms with E-state index in [4.69, 9.17) is 0 Å². The molecule has 236 valence electrons. The minimum Gasteiger partial charge on any atom is -0.506 e. The lowest BCUT2D eigenvalue weighted by Crippen LogP contribution is -2.75. The number of benzene rings is 1. The van der Waals surface area contributed by atoms with Gasteiger partial charge in [-0.1, -0.05) is 11.3 Å². The van der Waals surface area contributed by atoms with Crippen LogP contribution in [-0.4, -0.2) is 117 Å². The van der Waals surface area contributed by atoms with Crippen LogP contribution in [0.1, 0.15) is 5.56 Å². The van der Waals surface area contributed by atoms with Gasteiger partial charge >= 0.3 is 18.0 Å². The number of hydrogen-bond donors (Lipinski definition) is 6. The Labute approximate surface area is 271 Å². The molecule has 2 bridgehead atoms. The first-order valence-corrected chi connectivity index (χ1v) is 17.8. The molecule has 0 spiro atoms. The Bertz CT molecular complexity index is 1640. The number of thioether (sulfide) groups is 4. The number of fused-ring (bicyclic) bond motifs is 3. The number of hydrogen-bond acceptors (Lipinski definition) is 13. The van der Waals surface area contributed by atoms with Gasteiger partial charge in [0.05, 0.1) is 11.9 Å². The van der Waals surface area contributed by atoms with Crippen LogP contribution in [0.5, 0.6) is 5.75 Å². The molecular formula is C25H25N9O7S4. The first kappa shape index (κ1) is 29.9. The van der Waals surface area contributed by atoms with Crippen molar-refractivity contribution >= 4 is 82.6 Å². The van der Waals surface area contributed by atoms with Crippen molar-refractivity contribution in [1.29, 1.82) is 0 Å². The van der Waals surface area contributed by atoms with Gasteiger partial charge < -0.3 is 31.1 Å². The maximum atomic E-state index is 14.5. The number of anilines is 1. The minimum absolute atomic E-state index is 0.0920. The van der Waals surface area contributed by atoms with Crippen LogP contribution < -0.4 is 20.9 Å². The zero-order valence-electron chi connectivity index (χ0n) is 23.1. The second-order valence-corrected chi connectivity index (χ2v) is 15.2. The summed E-state index contributed by atoms with van der Waals surface area (Å²) >= 11 is 5.69. The van der Waals surface area contributed by atoms with E-state index < -0.39 is 51.6 Å². The fourth-order valence-electron chi connectivity index (χ4n) is 5.81. The van der Waals surface area contributed by atoms with Gasteiger partial charge in [-0.15, -0.1) is 52.1 Å². The van der Waals surface area contributed by atoms with Gasteiger partial charge in [-0.2, -0.15) is 0 Å². The molecule has 5 aliphatic heterocycles. The molecule has 16 nitrogen and oxygen atoms in total. The number of urea groups is 2. The summed E-state index contributed by atoms with van der Waals surface area (Å²) in [4.78, 5) is 70.1. The van der Waals surface area contributed by atoms with E-state index in [0.29, 0.717) is 27.6 Å². The number of nitrogens with zero attached hydrogens (tertiary/aromatic N) is 5. The zero-order chi connectivity index (χ0) is 31.5. The Morgan fingerprint density at radius 1 is 1.18 bits per heavy atom.